The largest absolute Gasteiger partial charge is 0.482 e. The number of hydrogen-bond donors (Lipinski definition) is 2. The SMILES string of the molecule is CN1C(=O)COc2ccc(C(=O)N[C@@H]3Cc4ccccc4[C@H]3O)cc21. The molecule has 0 saturated heterocycles. The smallest absolute Gasteiger partial charge is 0.264 e. The lowest BCUT2D eigenvalue weighted by Gasteiger charge is -2.26. The Morgan fingerprint density at radius 1 is 1.28 bits per heavy atom. The molecular formula is C19H18N2O4. The van der Waals surface area contributed by atoms with Crippen molar-refractivity contribution in [3.05, 3.63) is 59.2 Å². The molecular weight excluding hydrogens is 320 g/mol. The summed E-state index contributed by atoms with van der Waals surface area (Å²) in [7, 11) is 1.66. The van der Waals surface area contributed by atoms with Crippen LogP contribution in [0.4, 0.5) is 5.69 Å². The predicted molar refractivity (Wildman–Crippen MR) is 91.7 cm³/mol. The van der Waals surface area contributed by atoms with E-state index in [1.807, 2.05) is 24.3 Å². The Labute approximate surface area is 145 Å². The average Bonchev–Trinajstić information content (AvgIpc) is 2.94. The number of benzene rings is 2. The Balaban J connectivity index is 1.54. The molecule has 0 saturated carbocycles. The van der Waals surface area contributed by atoms with Gasteiger partial charge in [-0.1, -0.05) is 24.3 Å². The highest BCUT2D eigenvalue weighted by Crippen LogP contribution is 2.33. The molecule has 128 valence electrons. The number of fused-ring (bicyclic) bond motifs is 2. The van der Waals surface area contributed by atoms with Gasteiger partial charge >= 0.3 is 0 Å². The van der Waals surface area contributed by atoms with Crippen molar-refractivity contribution in [3.8, 4) is 5.75 Å². The minimum absolute atomic E-state index is 0.00156. The van der Waals surface area contributed by atoms with E-state index in [0.29, 0.717) is 23.4 Å². The molecule has 6 nitrogen and oxygen atoms in total. The van der Waals surface area contributed by atoms with Crippen molar-refractivity contribution in [2.45, 2.75) is 18.6 Å². The second-order valence-electron chi connectivity index (χ2n) is 6.35. The van der Waals surface area contributed by atoms with Crippen LogP contribution in [-0.2, 0) is 11.2 Å². The van der Waals surface area contributed by atoms with Crippen LogP contribution in [0, 0.1) is 0 Å². The van der Waals surface area contributed by atoms with Crippen LogP contribution in [0.25, 0.3) is 0 Å². The molecule has 0 fully saturated rings. The fourth-order valence-electron chi connectivity index (χ4n) is 3.37. The standard InChI is InChI=1S/C19H18N2O4/c1-21-15-9-12(6-7-16(15)25-10-17(21)22)19(24)20-14-8-11-4-2-3-5-13(11)18(14)23/h2-7,9,14,18,23H,8,10H2,1H3,(H,20,24)/t14-,18-/m1/s1. The number of hydrogen-bond acceptors (Lipinski definition) is 4. The van der Waals surface area contributed by atoms with Crippen molar-refractivity contribution in [1.29, 1.82) is 0 Å². The van der Waals surface area contributed by atoms with Crippen LogP contribution in [0.1, 0.15) is 27.6 Å². The fraction of sp³-hybridized carbons (Fsp3) is 0.263. The van der Waals surface area contributed by atoms with Gasteiger partial charge in [0.25, 0.3) is 11.8 Å². The van der Waals surface area contributed by atoms with Crippen molar-refractivity contribution in [2.75, 3.05) is 18.6 Å². The number of anilines is 1. The molecule has 2 amide bonds. The molecule has 0 bridgehead atoms. The molecule has 2 N–H and O–H groups in total. The van der Waals surface area contributed by atoms with Crippen LogP contribution in [0.2, 0.25) is 0 Å². The number of rotatable bonds is 2. The van der Waals surface area contributed by atoms with E-state index < -0.39 is 6.10 Å². The molecule has 6 heteroatoms. The Morgan fingerprint density at radius 2 is 2.08 bits per heavy atom. The number of likely N-dealkylation sites (N-methyl/N-ethyl adjacent to an activating group) is 1. The van der Waals surface area contributed by atoms with E-state index in [1.54, 1.807) is 25.2 Å². The molecule has 0 spiro atoms. The van der Waals surface area contributed by atoms with Gasteiger partial charge in [-0.15, -0.1) is 0 Å². The fourth-order valence-corrected chi connectivity index (χ4v) is 3.37. The molecule has 0 radical (unpaired) electrons. The summed E-state index contributed by atoms with van der Waals surface area (Å²) in [4.78, 5) is 25.8. The van der Waals surface area contributed by atoms with Gasteiger partial charge in [-0.2, -0.15) is 0 Å². The molecule has 4 rings (SSSR count). The van der Waals surface area contributed by atoms with Gasteiger partial charge in [0.15, 0.2) is 6.61 Å². The molecule has 1 aliphatic heterocycles. The highest BCUT2D eigenvalue weighted by Gasteiger charge is 2.32. The first-order valence-corrected chi connectivity index (χ1v) is 8.15. The molecule has 25 heavy (non-hydrogen) atoms. The lowest BCUT2D eigenvalue weighted by Crippen LogP contribution is -2.38. The van der Waals surface area contributed by atoms with E-state index in [2.05, 4.69) is 5.32 Å². The molecule has 2 aromatic rings. The Hall–Kier alpha value is -2.86. The van der Waals surface area contributed by atoms with Gasteiger partial charge < -0.3 is 20.1 Å². The third kappa shape index (κ3) is 2.64. The number of nitrogens with zero attached hydrogens (tertiary/aromatic N) is 1. The van der Waals surface area contributed by atoms with E-state index in [-0.39, 0.29) is 24.5 Å². The van der Waals surface area contributed by atoms with Crippen molar-refractivity contribution in [1.82, 2.24) is 5.32 Å². The number of amides is 2. The topological polar surface area (TPSA) is 78.9 Å². The summed E-state index contributed by atoms with van der Waals surface area (Å²) in [5, 5.41) is 13.3. The van der Waals surface area contributed by atoms with Gasteiger partial charge in [-0.25, -0.2) is 0 Å². The lowest BCUT2D eigenvalue weighted by atomic mass is 10.1. The number of nitrogens with one attached hydrogen (secondary N) is 1. The van der Waals surface area contributed by atoms with Crippen molar-refractivity contribution in [3.63, 3.8) is 0 Å². The summed E-state index contributed by atoms with van der Waals surface area (Å²) >= 11 is 0. The second kappa shape index (κ2) is 5.89. The van der Waals surface area contributed by atoms with E-state index in [1.165, 1.54) is 4.90 Å². The minimum Gasteiger partial charge on any atom is -0.482 e. The summed E-state index contributed by atoms with van der Waals surface area (Å²) in [6.45, 7) is 0.00156. The predicted octanol–water partition coefficient (Wildman–Crippen LogP) is 1.43. The van der Waals surface area contributed by atoms with Gasteiger partial charge in [-0.3, -0.25) is 9.59 Å². The third-order valence-electron chi connectivity index (χ3n) is 4.82. The first kappa shape index (κ1) is 15.7. The Kier molecular flexibility index (Phi) is 3.69. The minimum atomic E-state index is -0.717. The normalized spacial score (nSPS) is 21.4. The zero-order chi connectivity index (χ0) is 17.6. The maximum absolute atomic E-state index is 12.6. The zero-order valence-corrected chi connectivity index (χ0v) is 13.7. The van der Waals surface area contributed by atoms with Gasteiger partial charge in [-0.05, 0) is 35.7 Å². The quantitative estimate of drug-likeness (QED) is 0.868. The van der Waals surface area contributed by atoms with Gasteiger partial charge in [0.05, 0.1) is 17.8 Å². The summed E-state index contributed by atoms with van der Waals surface area (Å²) < 4.78 is 5.37. The number of carbonyl (C=O) groups is 2. The number of aliphatic hydroxyl groups is 1. The highest BCUT2D eigenvalue weighted by atomic mass is 16.5. The van der Waals surface area contributed by atoms with Gasteiger partial charge in [0, 0.05) is 12.6 Å². The molecule has 2 aliphatic rings. The zero-order valence-electron chi connectivity index (χ0n) is 13.7. The molecule has 0 aromatic heterocycles. The third-order valence-corrected chi connectivity index (χ3v) is 4.82. The molecule has 2 aromatic carbocycles. The second-order valence-corrected chi connectivity index (χ2v) is 6.35. The molecule has 2 atom stereocenters. The first-order valence-electron chi connectivity index (χ1n) is 8.15. The van der Waals surface area contributed by atoms with Gasteiger partial charge in [0.1, 0.15) is 5.75 Å². The lowest BCUT2D eigenvalue weighted by molar-refractivity contribution is -0.120. The van der Waals surface area contributed by atoms with Crippen molar-refractivity contribution in [2.24, 2.45) is 0 Å². The maximum Gasteiger partial charge on any atom is 0.264 e. The van der Waals surface area contributed by atoms with Crippen LogP contribution in [0.5, 0.6) is 5.75 Å². The number of aliphatic hydroxyl groups excluding tert-OH is 1. The summed E-state index contributed by atoms with van der Waals surface area (Å²) in [5.74, 6) is 0.129. The van der Waals surface area contributed by atoms with Crippen LogP contribution in [-0.4, -0.2) is 36.6 Å². The summed E-state index contributed by atoms with van der Waals surface area (Å²) in [5.41, 5.74) is 2.90. The van der Waals surface area contributed by atoms with E-state index >= 15 is 0 Å². The van der Waals surface area contributed by atoms with Crippen LogP contribution >= 0.6 is 0 Å². The van der Waals surface area contributed by atoms with Crippen LogP contribution in [0.3, 0.4) is 0 Å². The Bertz CT molecular complexity index is 864. The molecule has 0 unspecified atom stereocenters. The monoisotopic (exact) mass is 338 g/mol. The average molecular weight is 338 g/mol. The molecule has 1 heterocycles. The van der Waals surface area contributed by atoms with Crippen LogP contribution < -0.4 is 15.0 Å². The van der Waals surface area contributed by atoms with E-state index in [4.69, 9.17) is 4.74 Å². The Morgan fingerprint density at radius 3 is 2.88 bits per heavy atom. The summed E-state index contributed by atoms with van der Waals surface area (Å²) in [6.07, 6.45) is -0.124. The number of ether oxygens (including phenoxy) is 1. The van der Waals surface area contributed by atoms with Crippen molar-refractivity contribution < 1.29 is 19.4 Å². The molecule has 1 aliphatic carbocycles. The van der Waals surface area contributed by atoms with E-state index in [9.17, 15) is 14.7 Å². The first-order chi connectivity index (χ1) is 12.0. The summed E-state index contributed by atoms with van der Waals surface area (Å²) in [6, 6.07) is 12.3. The van der Waals surface area contributed by atoms with E-state index in [0.717, 1.165) is 11.1 Å². The van der Waals surface area contributed by atoms with Crippen LogP contribution in [0.15, 0.2) is 42.5 Å². The number of carbonyl (C=O) groups excluding carboxylic acids is 2. The van der Waals surface area contributed by atoms with Gasteiger partial charge in [0.2, 0.25) is 0 Å². The maximum atomic E-state index is 12.6. The van der Waals surface area contributed by atoms with Crippen molar-refractivity contribution >= 4 is 17.5 Å². The highest BCUT2D eigenvalue weighted by molar-refractivity contribution is 6.01.